The van der Waals surface area contributed by atoms with Crippen molar-refractivity contribution in [3.05, 3.63) is 106 Å². The van der Waals surface area contributed by atoms with E-state index >= 15 is 0 Å². The summed E-state index contributed by atoms with van der Waals surface area (Å²) in [5.74, 6) is -0.409. The molecule has 7 heteroatoms. The van der Waals surface area contributed by atoms with Crippen molar-refractivity contribution >= 4 is 28.5 Å². The molecule has 0 unspecified atom stereocenters. The predicted octanol–water partition coefficient (Wildman–Crippen LogP) is 4.69. The van der Waals surface area contributed by atoms with Gasteiger partial charge < -0.3 is 19.2 Å². The summed E-state index contributed by atoms with van der Waals surface area (Å²) in [6.45, 7) is 1.57. The van der Waals surface area contributed by atoms with E-state index in [4.69, 9.17) is 13.9 Å². The highest BCUT2D eigenvalue weighted by molar-refractivity contribution is 5.93. The number of hydrogen-bond donors (Lipinski definition) is 1. The molecule has 33 heavy (non-hydrogen) atoms. The van der Waals surface area contributed by atoms with Crippen LogP contribution in [0.15, 0.2) is 88.1 Å². The van der Waals surface area contributed by atoms with Crippen molar-refractivity contribution in [3.8, 4) is 5.75 Å². The molecule has 0 saturated carbocycles. The second kappa shape index (κ2) is 9.82. The number of anilines is 1. The van der Waals surface area contributed by atoms with Gasteiger partial charge in [0.1, 0.15) is 30.1 Å². The van der Waals surface area contributed by atoms with Crippen LogP contribution in [-0.4, -0.2) is 11.9 Å². The molecule has 0 spiro atoms. The number of fused-ring (bicyclic) bond motifs is 1. The Kier molecular flexibility index (Phi) is 6.50. The summed E-state index contributed by atoms with van der Waals surface area (Å²) in [6.07, 6.45) is 0. The van der Waals surface area contributed by atoms with Crippen molar-refractivity contribution in [2.75, 3.05) is 5.32 Å². The summed E-state index contributed by atoms with van der Waals surface area (Å²) in [5.41, 5.74) is 1.95. The zero-order valence-electron chi connectivity index (χ0n) is 17.9. The maximum atomic E-state index is 12.8. The van der Waals surface area contributed by atoms with Gasteiger partial charge in [-0.25, -0.2) is 9.59 Å². The largest absolute Gasteiger partial charge is 0.488 e. The second-order valence-electron chi connectivity index (χ2n) is 7.33. The minimum absolute atomic E-state index is 0.132. The lowest BCUT2D eigenvalue weighted by atomic mass is 10.1. The average molecular weight is 443 g/mol. The highest BCUT2D eigenvalue weighted by Crippen LogP contribution is 2.24. The van der Waals surface area contributed by atoms with Gasteiger partial charge in [0.05, 0.1) is 0 Å². The van der Waals surface area contributed by atoms with Crippen molar-refractivity contribution < 1.29 is 23.5 Å². The molecule has 1 heterocycles. The molecule has 0 aliphatic heterocycles. The van der Waals surface area contributed by atoms with Crippen molar-refractivity contribution in [3.63, 3.8) is 0 Å². The van der Waals surface area contributed by atoms with Crippen LogP contribution in [0, 0.1) is 0 Å². The summed E-state index contributed by atoms with van der Waals surface area (Å²) in [7, 11) is 0. The normalized spacial score (nSPS) is 10.6. The molecule has 1 amide bonds. The number of esters is 1. The SMILES string of the molecule is CC(=O)Nc1ccc2c(COC(=O)c3ccccc3OCc3ccccc3)cc(=O)oc2c1. The maximum absolute atomic E-state index is 12.8. The fourth-order valence-corrected chi connectivity index (χ4v) is 3.35. The molecule has 0 bridgehead atoms. The number of carbonyl (C=O) groups is 2. The Bertz CT molecular complexity index is 1360. The van der Waals surface area contributed by atoms with E-state index in [-0.39, 0.29) is 23.7 Å². The quantitative estimate of drug-likeness (QED) is 0.329. The van der Waals surface area contributed by atoms with E-state index in [0.29, 0.717) is 29.0 Å². The molecule has 7 nitrogen and oxygen atoms in total. The Morgan fingerprint density at radius 2 is 1.67 bits per heavy atom. The third-order valence-electron chi connectivity index (χ3n) is 4.85. The van der Waals surface area contributed by atoms with Gasteiger partial charge in [-0.3, -0.25) is 4.79 Å². The Balaban J connectivity index is 1.51. The van der Waals surface area contributed by atoms with Crippen molar-refractivity contribution in [2.24, 2.45) is 0 Å². The number of nitrogens with one attached hydrogen (secondary N) is 1. The number of ether oxygens (including phenoxy) is 2. The molecule has 0 fully saturated rings. The summed E-state index contributed by atoms with van der Waals surface area (Å²) in [5, 5.41) is 3.24. The standard InChI is InChI=1S/C26H21NO6/c1-17(28)27-20-11-12-21-19(13-25(29)33-24(21)14-20)16-32-26(30)22-9-5-6-10-23(22)31-15-18-7-3-2-4-8-18/h2-14H,15-16H2,1H3,(H,27,28). The first-order chi connectivity index (χ1) is 16.0. The van der Waals surface area contributed by atoms with E-state index in [9.17, 15) is 14.4 Å². The van der Waals surface area contributed by atoms with Crippen LogP contribution >= 0.6 is 0 Å². The average Bonchev–Trinajstić information content (AvgIpc) is 2.81. The number of carbonyl (C=O) groups excluding carboxylic acids is 2. The minimum Gasteiger partial charge on any atom is -0.488 e. The molecule has 4 rings (SSSR count). The van der Waals surface area contributed by atoms with E-state index < -0.39 is 11.6 Å². The molecule has 0 atom stereocenters. The molecular formula is C26H21NO6. The van der Waals surface area contributed by atoms with Crippen LogP contribution in [0.5, 0.6) is 5.75 Å². The summed E-state index contributed by atoms with van der Waals surface area (Å²) in [6, 6.07) is 22.7. The first-order valence-electron chi connectivity index (χ1n) is 10.3. The number of benzene rings is 3. The Hall–Kier alpha value is -4.39. The van der Waals surface area contributed by atoms with E-state index in [2.05, 4.69) is 5.32 Å². The second-order valence-corrected chi connectivity index (χ2v) is 7.33. The summed E-state index contributed by atoms with van der Waals surface area (Å²) < 4.78 is 16.6. The van der Waals surface area contributed by atoms with Crippen LogP contribution in [0.4, 0.5) is 5.69 Å². The zero-order chi connectivity index (χ0) is 23.2. The first kappa shape index (κ1) is 21.8. The van der Waals surface area contributed by atoms with Crippen molar-refractivity contribution in [1.82, 2.24) is 0 Å². The van der Waals surface area contributed by atoms with E-state index in [1.54, 1.807) is 42.5 Å². The topological polar surface area (TPSA) is 94.8 Å². The highest BCUT2D eigenvalue weighted by Gasteiger charge is 2.16. The third-order valence-corrected chi connectivity index (χ3v) is 4.85. The Morgan fingerprint density at radius 3 is 2.45 bits per heavy atom. The van der Waals surface area contributed by atoms with Gasteiger partial charge in [-0.2, -0.15) is 0 Å². The molecule has 0 radical (unpaired) electrons. The van der Waals surface area contributed by atoms with Crippen LogP contribution in [0.25, 0.3) is 11.0 Å². The molecular weight excluding hydrogens is 422 g/mol. The zero-order valence-corrected chi connectivity index (χ0v) is 17.9. The van der Waals surface area contributed by atoms with E-state index in [1.807, 2.05) is 30.3 Å². The van der Waals surface area contributed by atoms with Crippen LogP contribution < -0.4 is 15.7 Å². The molecule has 1 aromatic heterocycles. The van der Waals surface area contributed by atoms with Crippen LogP contribution in [0.3, 0.4) is 0 Å². The minimum atomic E-state index is -0.583. The predicted molar refractivity (Wildman–Crippen MR) is 123 cm³/mol. The number of amides is 1. The third kappa shape index (κ3) is 5.46. The van der Waals surface area contributed by atoms with Crippen molar-refractivity contribution in [1.29, 1.82) is 0 Å². The number of rotatable bonds is 7. The molecule has 166 valence electrons. The van der Waals surface area contributed by atoms with E-state index in [1.165, 1.54) is 13.0 Å². The van der Waals surface area contributed by atoms with Gasteiger partial charge >= 0.3 is 11.6 Å². The lowest BCUT2D eigenvalue weighted by Gasteiger charge is -2.12. The highest BCUT2D eigenvalue weighted by atomic mass is 16.5. The van der Waals surface area contributed by atoms with Crippen LogP contribution in [0.2, 0.25) is 0 Å². The monoisotopic (exact) mass is 443 g/mol. The van der Waals surface area contributed by atoms with E-state index in [0.717, 1.165) is 5.56 Å². The van der Waals surface area contributed by atoms with Gasteiger partial charge in [0.25, 0.3) is 0 Å². The number of hydrogen-bond acceptors (Lipinski definition) is 6. The van der Waals surface area contributed by atoms with Gasteiger partial charge in [0.2, 0.25) is 5.91 Å². The Morgan fingerprint density at radius 1 is 0.909 bits per heavy atom. The maximum Gasteiger partial charge on any atom is 0.342 e. The fraction of sp³-hybridized carbons (Fsp3) is 0.115. The lowest BCUT2D eigenvalue weighted by Crippen LogP contribution is -2.10. The molecule has 3 aromatic carbocycles. The first-order valence-corrected chi connectivity index (χ1v) is 10.3. The fourth-order valence-electron chi connectivity index (χ4n) is 3.35. The number of para-hydroxylation sites is 1. The molecule has 4 aromatic rings. The van der Waals surface area contributed by atoms with Crippen LogP contribution in [0.1, 0.15) is 28.4 Å². The van der Waals surface area contributed by atoms with Gasteiger partial charge in [0.15, 0.2) is 0 Å². The van der Waals surface area contributed by atoms with Crippen LogP contribution in [-0.2, 0) is 22.7 Å². The molecule has 0 aliphatic rings. The molecule has 1 N–H and O–H groups in total. The smallest absolute Gasteiger partial charge is 0.342 e. The molecule has 0 aliphatic carbocycles. The van der Waals surface area contributed by atoms with Gasteiger partial charge in [-0.05, 0) is 29.8 Å². The summed E-state index contributed by atoms with van der Waals surface area (Å²) >= 11 is 0. The van der Waals surface area contributed by atoms with Crippen molar-refractivity contribution in [2.45, 2.75) is 20.1 Å². The Labute approximate surface area is 189 Å². The van der Waals surface area contributed by atoms with Gasteiger partial charge in [-0.1, -0.05) is 42.5 Å². The van der Waals surface area contributed by atoms with Gasteiger partial charge in [-0.15, -0.1) is 0 Å². The molecule has 0 saturated heterocycles. The van der Waals surface area contributed by atoms with Gasteiger partial charge in [0, 0.05) is 35.7 Å². The summed E-state index contributed by atoms with van der Waals surface area (Å²) in [4.78, 5) is 36.1. The lowest BCUT2D eigenvalue weighted by molar-refractivity contribution is -0.114.